The summed E-state index contributed by atoms with van der Waals surface area (Å²) in [5.41, 5.74) is 0.777. The molecule has 7 heteroatoms. The molecule has 1 amide bonds. The fourth-order valence-electron chi connectivity index (χ4n) is 3.72. The van der Waals surface area contributed by atoms with Crippen LogP contribution in [0.2, 0.25) is 0 Å². The number of Topliss-reactive ketones (excluding diaryl/α,β-unsaturated/α-hetero) is 1. The highest BCUT2D eigenvalue weighted by Crippen LogP contribution is 2.41. The van der Waals surface area contributed by atoms with E-state index in [0.29, 0.717) is 23.7 Å². The number of aliphatic hydroxyl groups is 1. The number of carbonyl (C=O) groups is 2. The lowest BCUT2D eigenvalue weighted by atomic mass is 9.95. The molecule has 1 N–H and O–H groups in total. The van der Waals surface area contributed by atoms with Crippen molar-refractivity contribution in [3.63, 3.8) is 0 Å². The van der Waals surface area contributed by atoms with E-state index < -0.39 is 23.5 Å². The Bertz CT molecular complexity index is 1150. The molecule has 2 heterocycles. The molecule has 3 aromatic rings. The summed E-state index contributed by atoms with van der Waals surface area (Å²) in [7, 11) is 0. The lowest BCUT2D eigenvalue weighted by Gasteiger charge is -2.25. The minimum Gasteiger partial charge on any atom is -0.507 e. The van der Waals surface area contributed by atoms with Crippen molar-refractivity contribution in [1.82, 2.24) is 4.90 Å². The molecule has 1 atom stereocenters. The Labute approximate surface area is 184 Å². The molecule has 1 saturated heterocycles. The van der Waals surface area contributed by atoms with Crippen molar-refractivity contribution >= 4 is 17.4 Å². The minimum atomic E-state index is -0.865. The zero-order valence-corrected chi connectivity index (χ0v) is 17.5. The third-order valence-electron chi connectivity index (χ3n) is 5.21. The molecule has 1 aromatic heterocycles. The van der Waals surface area contributed by atoms with E-state index in [1.54, 1.807) is 36.4 Å². The molecule has 1 unspecified atom stereocenters. The Hall–Kier alpha value is -3.87. The van der Waals surface area contributed by atoms with E-state index in [1.165, 1.54) is 35.4 Å². The smallest absolute Gasteiger partial charge is 0.296 e. The maximum Gasteiger partial charge on any atom is 0.296 e. The zero-order valence-electron chi connectivity index (χ0n) is 17.5. The van der Waals surface area contributed by atoms with Crippen molar-refractivity contribution in [2.45, 2.75) is 25.9 Å². The Morgan fingerprint density at radius 1 is 1.12 bits per heavy atom. The van der Waals surface area contributed by atoms with Gasteiger partial charge in [-0.15, -0.1) is 0 Å². The number of hydrogen-bond donors (Lipinski definition) is 1. The first kappa shape index (κ1) is 21.4. The topological polar surface area (TPSA) is 80.0 Å². The average Bonchev–Trinajstić information content (AvgIpc) is 3.40. The number of aliphatic hydroxyl groups excluding tert-OH is 1. The second-order valence-corrected chi connectivity index (χ2v) is 7.43. The number of hydrogen-bond acceptors (Lipinski definition) is 5. The molecule has 0 radical (unpaired) electrons. The third kappa shape index (κ3) is 4.14. The largest absolute Gasteiger partial charge is 0.507 e. The molecule has 1 fully saturated rings. The van der Waals surface area contributed by atoms with Gasteiger partial charge in [0.25, 0.3) is 11.7 Å². The molecule has 4 rings (SSSR count). The van der Waals surface area contributed by atoms with Crippen molar-refractivity contribution in [2.24, 2.45) is 0 Å². The van der Waals surface area contributed by atoms with E-state index >= 15 is 0 Å². The molecule has 0 aliphatic carbocycles. The summed E-state index contributed by atoms with van der Waals surface area (Å²) in [6, 6.07) is 14.7. The van der Waals surface area contributed by atoms with Crippen LogP contribution in [0, 0.1) is 5.82 Å². The Morgan fingerprint density at radius 3 is 2.59 bits per heavy atom. The first-order chi connectivity index (χ1) is 15.5. The van der Waals surface area contributed by atoms with Crippen LogP contribution in [0.25, 0.3) is 5.76 Å². The molecular weight excluding hydrogens is 413 g/mol. The number of benzene rings is 2. The second-order valence-electron chi connectivity index (χ2n) is 7.43. The first-order valence-corrected chi connectivity index (χ1v) is 10.3. The summed E-state index contributed by atoms with van der Waals surface area (Å²) in [4.78, 5) is 27.3. The van der Waals surface area contributed by atoms with Gasteiger partial charge in [-0.05, 0) is 60.5 Å². The second kappa shape index (κ2) is 9.09. The summed E-state index contributed by atoms with van der Waals surface area (Å²) < 4.78 is 24.5. The standard InChI is InChI=1S/C25H22FNO5/c1-2-12-31-19-6-3-5-17(14-19)22-21(23(28)16-8-10-18(26)11-9-16)24(29)25(30)27(22)15-20-7-4-13-32-20/h3-11,13-14,22,28H,2,12,15H2,1H3/b23-21-. The number of rotatable bonds is 7. The van der Waals surface area contributed by atoms with Crippen LogP contribution >= 0.6 is 0 Å². The van der Waals surface area contributed by atoms with Gasteiger partial charge in [-0.3, -0.25) is 9.59 Å². The summed E-state index contributed by atoms with van der Waals surface area (Å²) in [6.45, 7) is 2.55. The number of amides is 1. The zero-order chi connectivity index (χ0) is 22.7. The van der Waals surface area contributed by atoms with Crippen LogP contribution in [0.4, 0.5) is 4.39 Å². The molecule has 164 valence electrons. The number of furan rings is 1. The third-order valence-corrected chi connectivity index (χ3v) is 5.21. The average molecular weight is 435 g/mol. The van der Waals surface area contributed by atoms with Crippen molar-refractivity contribution in [3.05, 3.63) is 95.2 Å². The quantitative estimate of drug-likeness (QED) is 0.327. The Kier molecular flexibility index (Phi) is 6.07. The summed E-state index contributed by atoms with van der Waals surface area (Å²) in [5.74, 6) is -1.32. The van der Waals surface area contributed by atoms with Gasteiger partial charge in [-0.1, -0.05) is 19.1 Å². The maximum atomic E-state index is 13.4. The van der Waals surface area contributed by atoms with Crippen LogP contribution in [0.1, 0.15) is 36.3 Å². The van der Waals surface area contributed by atoms with Gasteiger partial charge in [0.15, 0.2) is 0 Å². The lowest BCUT2D eigenvalue weighted by molar-refractivity contribution is -0.140. The Balaban J connectivity index is 1.83. The molecule has 1 aliphatic heterocycles. The number of likely N-dealkylation sites (tertiary alicyclic amines) is 1. The molecule has 6 nitrogen and oxygen atoms in total. The number of nitrogens with zero attached hydrogens (tertiary/aromatic N) is 1. The molecule has 0 spiro atoms. The SMILES string of the molecule is CCCOc1cccc(C2/C(=C(/O)c3ccc(F)cc3)C(=O)C(=O)N2Cc2ccco2)c1. The number of carbonyl (C=O) groups excluding carboxylic acids is 2. The van der Waals surface area contributed by atoms with Crippen LogP contribution in [-0.4, -0.2) is 28.3 Å². The van der Waals surface area contributed by atoms with E-state index in [0.717, 1.165) is 6.42 Å². The van der Waals surface area contributed by atoms with E-state index in [-0.39, 0.29) is 23.4 Å². The lowest BCUT2D eigenvalue weighted by Crippen LogP contribution is -2.29. The summed E-state index contributed by atoms with van der Waals surface area (Å²) in [6.07, 6.45) is 2.31. The molecule has 2 aromatic carbocycles. The number of ether oxygens (including phenoxy) is 1. The van der Waals surface area contributed by atoms with Gasteiger partial charge in [0.05, 0.1) is 31.0 Å². The van der Waals surface area contributed by atoms with E-state index in [9.17, 15) is 19.1 Å². The van der Waals surface area contributed by atoms with Crippen LogP contribution in [0.15, 0.2) is 76.9 Å². The Morgan fingerprint density at radius 2 is 1.91 bits per heavy atom. The fourth-order valence-corrected chi connectivity index (χ4v) is 3.72. The van der Waals surface area contributed by atoms with E-state index in [4.69, 9.17) is 9.15 Å². The first-order valence-electron chi connectivity index (χ1n) is 10.3. The molecule has 32 heavy (non-hydrogen) atoms. The van der Waals surface area contributed by atoms with Crippen molar-refractivity contribution < 1.29 is 28.2 Å². The summed E-state index contributed by atoms with van der Waals surface area (Å²) in [5, 5.41) is 11.0. The van der Waals surface area contributed by atoms with Gasteiger partial charge >= 0.3 is 0 Å². The van der Waals surface area contributed by atoms with Crippen LogP contribution in [-0.2, 0) is 16.1 Å². The van der Waals surface area contributed by atoms with Crippen LogP contribution in [0.5, 0.6) is 5.75 Å². The summed E-state index contributed by atoms with van der Waals surface area (Å²) >= 11 is 0. The van der Waals surface area contributed by atoms with E-state index in [1.807, 2.05) is 6.92 Å². The van der Waals surface area contributed by atoms with Crippen molar-refractivity contribution in [2.75, 3.05) is 6.61 Å². The maximum absolute atomic E-state index is 13.4. The van der Waals surface area contributed by atoms with Gasteiger partial charge in [0.1, 0.15) is 23.1 Å². The van der Waals surface area contributed by atoms with Gasteiger partial charge in [0, 0.05) is 5.56 Å². The van der Waals surface area contributed by atoms with E-state index in [2.05, 4.69) is 0 Å². The minimum absolute atomic E-state index is 0.0441. The predicted octanol–water partition coefficient (Wildman–Crippen LogP) is 4.83. The highest BCUT2D eigenvalue weighted by molar-refractivity contribution is 6.46. The normalized spacial score (nSPS) is 17.7. The molecular formula is C25H22FNO5. The highest BCUT2D eigenvalue weighted by Gasteiger charge is 2.46. The van der Waals surface area contributed by atoms with Crippen LogP contribution < -0.4 is 4.74 Å². The van der Waals surface area contributed by atoms with Crippen LogP contribution in [0.3, 0.4) is 0 Å². The predicted molar refractivity (Wildman–Crippen MR) is 115 cm³/mol. The van der Waals surface area contributed by atoms with Gasteiger partial charge in [0.2, 0.25) is 0 Å². The molecule has 0 bridgehead atoms. The fraction of sp³-hybridized carbons (Fsp3) is 0.200. The van der Waals surface area contributed by atoms with Gasteiger partial charge in [-0.2, -0.15) is 0 Å². The van der Waals surface area contributed by atoms with Gasteiger partial charge in [-0.25, -0.2) is 4.39 Å². The number of halogens is 1. The monoisotopic (exact) mass is 435 g/mol. The molecule has 0 saturated carbocycles. The van der Waals surface area contributed by atoms with Crippen molar-refractivity contribution in [3.8, 4) is 5.75 Å². The van der Waals surface area contributed by atoms with Crippen molar-refractivity contribution in [1.29, 1.82) is 0 Å². The number of ketones is 1. The molecule has 1 aliphatic rings. The van der Waals surface area contributed by atoms with Gasteiger partial charge < -0.3 is 19.2 Å². The highest BCUT2D eigenvalue weighted by atomic mass is 19.1.